The van der Waals surface area contributed by atoms with Gasteiger partial charge in [0, 0.05) is 23.1 Å². The molecule has 1 saturated heterocycles. The summed E-state index contributed by atoms with van der Waals surface area (Å²) in [6.07, 6.45) is 2.51. The molecule has 1 aromatic heterocycles. The first kappa shape index (κ1) is 21.1. The quantitative estimate of drug-likeness (QED) is 0.507. The molecule has 1 aliphatic heterocycles. The molecule has 0 spiro atoms. The smallest absolute Gasteiger partial charge is 0.276 e. The van der Waals surface area contributed by atoms with E-state index in [-0.39, 0.29) is 10.5 Å². The Kier molecular flexibility index (Phi) is 5.50. The molecule has 3 aromatic rings. The third-order valence-corrected chi connectivity index (χ3v) is 7.32. The summed E-state index contributed by atoms with van der Waals surface area (Å²) in [5.41, 5.74) is 1.63. The molecule has 0 amide bonds. The average Bonchev–Trinajstić information content (AvgIpc) is 3.13. The SMILES string of the molecule is Cc1c[nH]c2c(NS(=O)(=O)c3ccc(C(F)(F)C4CCNCC4)cc3)ccc(Cl)c12. The molecule has 0 radical (unpaired) electrons. The van der Waals surface area contributed by atoms with Crippen molar-refractivity contribution in [2.75, 3.05) is 17.8 Å². The maximum Gasteiger partial charge on any atom is 0.276 e. The molecule has 5 nitrogen and oxygen atoms in total. The fourth-order valence-electron chi connectivity index (χ4n) is 3.93. The zero-order valence-corrected chi connectivity index (χ0v) is 17.9. The van der Waals surface area contributed by atoms with E-state index in [1.54, 1.807) is 18.3 Å². The van der Waals surface area contributed by atoms with Crippen LogP contribution in [0.5, 0.6) is 0 Å². The van der Waals surface area contributed by atoms with Crippen LogP contribution in [0.25, 0.3) is 10.9 Å². The van der Waals surface area contributed by atoms with Crippen molar-refractivity contribution >= 4 is 38.2 Å². The molecule has 160 valence electrons. The number of rotatable bonds is 5. The Morgan fingerprint density at radius 2 is 1.77 bits per heavy atom. The highest BCUT2D eigenvalue weighted by Crippen LogP contribution is 2.41. The number of fused-ring (bicyclic) bond motifs is 1. The second-order valence-corrected chi connectivity index (χ2v) is 9.68. The van der Waals surface area contributed by atoms with Crippen molar-refractivity contribution in [3.63, 3.8) is 0 Å². The first-order chi connectivity index (χ1) is 14.2. The van der Waals surface area contributed by atoms with Gasteiger partial charge in [0.1, 0.15) is 0 Å². The Balaban J connectivity index is 1.60. The number of halogens is 3. The lowest BCUT2D eigenvalue weighted by Crippen LogP contribution is -2.36. The normalized spacial score (nSPS) is 16.1. The number of benzene rings is 2. The predicted octanol–water partition coefficient (Wildman–Crippen LogP) is 5.02. The summed E-state index contributed by atoms with van der Waals surface area (Å²) >= 11 is 6.22. The van der Waals surface area contributed by atoms with Gasteiger partial charge < -0.3 is 10.3 Å². The monoisotopic (exact) mass is 453 g/mol. The van der Waals surface area contributed by atoms with Gasteiger partial charge in [-0.2, -0.15) is 0 Å². The van der Waals surface area contributed by atoms with Crippen LogP contribution in [0.2, 0.25) is 5.02 Å². The highest BCUT2D eigenvalue weighted by atomic mass is 35.5. The van der Waals surface area contributed by atoms with E-state index in [1.807, 2.05) is 6.92 Å². The third-order valence-electron chi connectivity index (χ3n) is 5.63. The number of aromatic nitrogens is 1. The molecule has 4 rings (SSSR count). The lowest BCUT2D eigenvalue weighted by Gasteiger charge is -2.30. The van der Waals surface area contributed by atoms with Crippen molar-refractivity contribution < 1.29 is 17.2 Å². The molecule has 30 heavy (non-hydrogen) atoms. The van der Waals surface area contributed by atoms with E-state index < -0.39 is 21.9 Å². The number of piperidine rings is 1. The molecular formula is C21H22ClF2N3O2S. The van der Waals surface area contributed by atoms with Gasteiger partial charge in [-0.05, 0) is 62.7 Å². The van der Waals surface area contributed by atoms with Gasteiger partial charge in [-0.3, -0.25) is 4.72 Å². The molecule has 0 atom stereocenters. The van der Waals surface area contributed by atoms with E-state index in [0.717, 1.165) is 10.9 Å². The molecule has 0 saturated carbocycles. The van der Waals surface area contributed by atoms with Crippen molar-refractivity contribution in [3.05, 3.63) is 58.7 Å². The van der Waals surface area contributed by atoms with E-state index >= 15 is 0 Å². The molecule has 0 aliphatic carbocycles. The van der Waals surface area contributed by atoms with Crippen LogP contribution in [0.3, 0.4) is 0 Å². The first-order valence-electron chi connectivity index (χ1n) is 9.68. The van der Waals surface area contributed by atoms with Gasteiger partial charge in [0.2, 0.25) is 0 Å². The average molecular weight is 454 g/mol. The lowest BCUT2D eigenvalue weighted by molar-refractivity contribution is -0.0753. The maximum atomic E-state index is 14.8. The Bertz CT molecular complexity index is 1170. The molecule has 9 heteroatoms. The molecule has 1 fully saturated rings. The van der Waals surface area contributed by atoms with Gasteiger partial charge in [-0.15, -0.1) is 0 Å². The summed E-state index contributed by atoms with van der Waals surface area (Å²) in [4.78, 5) is 2.94. The minimum atomic E-state index is -3.96. The van der Waals surface area contributed by atoms with Crippen molar-refractivity contribution in [3.8, 4) is 0 Å². The van der Waals surface area contributed by atoms with Crippen LogP contribution >= 0.6 is 11.6 Å². The van der Waals surface area contributed by atoms with Gasteiger partial charge in [0.05, 0.1) is 21.1 Å². The maximum absolute atomic E-state index is 14.8. The van der Waals surface area contributed by atoms with Crippen LogP contribution in [0.15, 0.2) is 47.5 Å². The fourth-order valence-corrected chi connectivity index (χ4v) is 5.31. The summed E-state index contributed by atoms with van der Waals surface area (Å²) < 4.78 is 57.9. The number of aryl methyl sites for hydroxylation is 1. The van der Waals surface area contributed by atoms with E-state index in [0.29, 0.717) is 42.2 Å². The van der Waals surface area contributed by atoms with Crippen LogP contribution in [0.4, 0.5) is 14.5 Å². The number of hydrogen-bond acceptors (Lipinski definition) is 3. The Morgan fingerprint density at radius 3 is 2.43 bits per heavy atom. The highest BCUT2D eigenvalue weighted by Gasteiger charge is 2.41. The molecular weight excluding hydrogens is 432 g/mol. The lowest BCUT2D eigenvalue weighted by atomic mass is 9.87. The van der Waals surface area contributed by atoms with Gasteiger partial charge in [0.25, 0.3) is 15.9 Å². The highest BCUT2D eigenvalue weighted by molar-refractivity contribution is 7.92. The topological polar surface area (TPSA) is 74.0 Å². The number of hydrogen-bond donors (Lipinski definition) is 3. The number of alkyl halides is 2. The molecule has 3 N–H and O–H groups in total. The van der Waals surface area contributed by atoms with Crippen molar-refractivity contribution in [2.24, 2.45) is 5.92 Å². The second kappa shape index (κ2) is 7.83. The third kappa shape index (κ3) is 3.79. The Labute approximate surface area is 178 Å². The van der Waals surface area contributed by atoms with Crippen LogP contribution in [-0.4, -0.2) is 26.5 Å². The van der Waals surface area contributed by atoms with Gasteiger partial charge in [-0.25, -0.2) is 17.2 Å². The van der Waals surface area contributed by atoms with Gasteiger partial charge >= 0.3 is 0 Å². The van der Waals surface area contributed by atoms with Gasteiger partial charge in [-0.1, -0.05) is 23.7 Å². The van der Waals surface area contributed by atoms with E-state index in [4.69, 9.17) is 11.6 Å². The summed E-state index contributed by atoms with van der Waals surface area (Å²) in [5.74, 6) is -3.75. The summed E-state index contributed by atoms with van der Waals surface area (Å²) in [6, 6.07) is 8.03. The zero-order chi connectivity index (χ0) is 21.5. The fraction of sp³-hybridized carbons (Fsp3) is 0.333. The predicted molar refractivity (Wildman–Crippen MR) is 115 cm³/mol. The second-order valence-electron chi connectivity index (χ2n) is 7.59. The molecule has 0 bridgehead atoms. The van der Waals surface area contributed by atoms with Crippen LogP contribution < -0.4 is 10.0 Å². The van der Waals surface area contributed by atoms with Crippen LogP contribution in [0.1, 0.15) is 24.0 Å². The standard InChI is InChI=1S/C21H22ClF2N3O2S/c1-13-12-26-20-18(7-6-17(22)19(13)20)27-30(28,29)16-4-2-14(3-5-16)21(23,24)15-8-10-25-11-9-15/h2-7,12,15,25-27H,8-11H2,1H3. The Hall–Kier alpha value is -2.16. The molecule has 2 aromatic carbocycles. The minimum absolute atomic E-state index is 0.0845. The first-order valence-corrected chi connectivity index (χ1v) is 11.5. The van der Waals surface area contributed by atoms with E-state index in [1.165, 1.54) is 24.3 Å². The van der Waals surface area contributed by atoms with Crippen molar-refractivity contribution in [1.29, 1.82) is 0 Å². The van der Waals surface area contributed by atoms with Crippen molar-refractivity contribution in [1.82, 2.24) is 10.3 Å². The molecule has 2 heterocycles. The van der Waals surface area contributed by atoms with Crippen LogP contribution in [-0.2, 0) is 15.9 Å². The molecule has 1 aliphatic rings. The summed E-state index contributed by atoms with van der Waals surface area (Å²) in [7, 11) is -3.96. The summed E-state index contributed by atoms with van der Waals surface area (Å²) in [5, 5.41) is 4.32. The van der Waals surface area contributed by atoms with E-state index in [9.17, 15) is 17.2 Å². The number of aromatic amines is 1. The van der Waals surface area contributed by atoms with E-state index in [2.05, 4.69) is 15.0 Å². The number of nitrogens with one attached hydrogen (secondary N) is 3. The summed E-state index contributed by atoms with van der Waals surface area (Å²) in [6.45, 7) is 2.99. The zero-order valence-electron chi connectivity index (χ0n) is 16.3. The molecule has 0 unspecified atom stereocenters. The number of anilines is 1. The van der Waals surface area contributed by atoms with Crippen LogP contribution in [0, 0.1) is 12.8 Å². The largest absolute Gasteiger partial charge is 0.359 e. The van der Waals surface area contributed by atoms with Crippen molar-refractivity contribution in [2.45, 2.75) is 30.6 Å². The number of H-pyrrole nitrogens is 1. The Morgan fingerprint density at radius 1 is 1.10 bits per heavy atom. The van der Waals surface area contributed by atoms with Gasteiger partial charge in [0.15, 0.2) is 0 Å². The minimum Gasteiger partial charge on any atom is -0.359 e. The number of sulfonamides is 1.